The van der Waals surface area contributed by atoms with Gasteiger partial charge >= 0.3 is 5.97 Å². The second kappa shape index (κ2) is 13.3. The number of allylic oxidation sites excluding steroid dienone is 1. The molecule has 8 nitrogen and oxygen atoms in total. The number of methoxy groups -OCH3 is 1. The molecule has 3 aromatic rings. The molecule has 11 heteroatoms. The number of nitrogens with one attached hydrogen (secondary N) is 1. The van der Waals surface area contributed by atoms with Gasteiger partial charge in [0.1, 0.15) is 17.4 Å². The number of anilines is 1. The number of carbonyl (C=O) groups excluding carboxylic acids is 2. The van der Waals surface area contributed by atoms with Crippen LogP contribution in [0.1, 0.15) is 52.3 Å². The Hall–Kier alpha value is -2.63. The first-order valence-electron chi connectivity index (χ1n) is 12.1. The molecule has 1 aliphatic rings. The van der Waals surface area contributed by atoms with Crippen LogP contribution in [-0.4, -0.2) is 39.5 Å². The molecule has 0 bridgehead atoms. The highest BCUT2D eigenvalue weighted by atomic mass is 79.9. The van der Waals surface area contributed by atoms with Crippen molar-refractivity contribution >= 4 is 55.9 Å². The Bertz CT molecular complexity index is 1260. The van der Waals surface area contributed by atoms with Crippen molar-refractivity contribution in [3.8, 4) is 5.75 Å². The van der Waals surface area contributed by atoms with Crippen molar-refractivity contribution in [1.29, 1.82) is 0 Å². The maximum atomic E-state index is 12.9. The van der Waals surface area contributed by atoms with Crippen LogP contribution in [-0.2, 0) is 35.5 Å². The largest absolute Gasteiger partial charge is 0.486 e. The number of hydrogen-bond acceptors (Lipinski definition) is 8. The second-order valence-corrected chi connectivity index (χ2v) is 11.5. The third kappa shape index (κ3) is 7.03. The van der Waals surface area contributed by atoms with E-state index in [0.29, 0.717) is 28.1 Å². The standard InChI is InChI=1S/C26H29BrN4O4S2/c1-3-14-31-21(15-35-18-12-10-17(27)11-13-18)29-30-26(31)36-16-22(32)28-24-23(25(33)34-2)19-8-6-4-5-7-9-20(19)37-24/h3,10-13H,1,4-9,14-16H2,2H3,(H,28,32). The number of aromatic nitrogens is 3. The van der Waals surface area contributed by atoms with Crippen molar-refractivity contribution in [3.63, 3.8) is 0 Å². The van der Waals surface area contributed by atoms with E-state index < -0.39 is 5.97 Å². The Morgan fingerprint density at radius 1 is 1.19 bits per heavy atom. The molecule has 196 valence electrons. The summed E-state index contributed by atoms with van der Waals surface area (Å²) in [5, 5.41) is 12.6. The van der Waals surface area contributed by atoms with Gasteiger partial charge in [0.05, 0.1) is 18.4 Å². The van der Waals surface area contributed by atoms with Crippen molar-refractivity contribution in [2.24, 2.45) is 0 Å². The number of thioether (sulfide) groups is 1. The van der Waals surface area contributed by atoms with E-state index in [4.69, 9.17) is 9.47 Å². The Morgan fingerprint density at radius 2 is 1.95 bits per heavy atom. The zero-order chi connectivity index (χ0) is 26.2. The molecule has 1 aromatic carbocycles. The van der Waals surface area contributed by atoms with Crippen LogP contribution in [0.15, 0.2) is 46.5 Å². The topological polar surface area (TPSA) is 95.3 Å². The Balaban J connectivity index is 1.43. The highest BCUT2D eigenvalue weighted by molar-refractivity contribution is 9.10. The number of carbonyl (C=O) groups is 2. The molecule has 37 heavy (non-hydrogen) atoms. The number of rotatable bonds is 10. The summed E-state index contributed by atoms with van der Waals surface area (Å²) in [6.07, 6.45) is 7.95. The van der Waals surface area contributed by atoms with Crippen LogP contribution in [0.25, 0.3) is 0 Å². The lowest BCUT2D eigenvalue weighted by Gasteiger charge is -2.11. The van der Waals surface area contributed by atoms with Crippen molar-refractivity contribution in [2.45, 2.75) is 56.8 Å². The predicted molar refractivity (Wildman–Crippen MR) is 150 cm³/mol. The zero-order valence-corrected chi connectivity index (χ0v) is 23.8. The van der Waals surface area contributed by atoms with Gasteiger partial charge in [0.25, 0.3) is 0 Å². The van der Waals surface area contributed by atoms with E-state index in [9.17, 15) is 9.59 Å². The van der Waals surface area contributed by atoms with E-state index in [1.807, 2.05) is 28.8 Å². The van der Waals surface area contributed by atoms with Gasteiger partial charge in [-0.15, -0.1) is 28.1 Å². The number of hydrogen-bond donors (Lipinski definition) is 1. The van der Waals surface area contributed by atoms with Crippen molar-refractivity contribution in [1.82, 2.24) is 14.8 Å². The molecule has 0 radical (unpaired) electrons. The van der Waals surface area contributed by atoms with Crippen LogP contribution in [0.5, 0.6) is 5.75 Å². The molecule has 0 fully saturated rings. The molecule has 0 unspecified atom stereocenters. The van der Waals surface area contributed by atoms with Gasteiger partial charge in [-0.05, 0) is 55.5 Å². The lowest BCUT2D eigenvalue weighted by Crippen LogP contribution is -2.17. The number of fused-ring (bicyclic) bond motifs is 1. The van der Waals surface area contributed by atoms with Crippen molar-refractivity contribution in [3.05, 3.63) is 63.2 Å². The van der Waals surface area contributed by atoms with Crippen molar-refractivity contribution in [2.75, 3.05) is 18.2 Å². The van der Waals surface area contributed by atoms with Gasteiger partial charge in [-0.1, -0.05) is 46.6 Å². The molecule has 0 atom stereocenters. The predicted octanol–water partition coefficient (Wildman–Crippen LogP) is 6.04. The van der Waals surface area contributed by atoms with Gasteiger partial charge in [-0.3, -0.25) is 9.36 Å². The fourth-order valence-electron chi connectivity index (χ4n) is 4.14. The SMILES string of the molecule is C=CCn1c(COc2ccc(Br)cc2)nnc1SCC(=O)Nc1sc2c(c1C(=O)OC)CCCCCC2. The highest BCUT2D eigenvalue weighted by Crippen LogP contribution is 2.37. The molecule has 2 aromatic heterocycles. The van der Waals surface area contributed by atoms with Crippen LogP contribution >= 0.6 is 39.0 Å². The maximum absolute atomic E-state index is 12.9. The lowest BCUT2D eigenvalue weighted by molar-refractivity contribution is -0.113. The van der Waals surface area contributed by atoms with E-state index in [1.54, 1.807) is 6.08 Å². The van der Waals surface area contributed by atoms with Gasteiger partial charge in [0.15, 0.2) is 11.0 Å². The first kappa shape index (κ1) is 27.4. The zero-order valence-electron chi connectivity index (χ0n) is 20.6. The summed E-state index contributed by atoms with van der Waals surface area (Å²) in [4.78, 5) is 26.7. The minimum Gasteiger partial charge on any atom is -0.486 e. The number of amides is 1. The molecule has 1 aliphatic carbocycles. The average molecular weight is 606 g/mol. The van der Waals surface area contributed by atoms with Crippen LogP contribution in [0.3, 0.4) is 0 Å². The average Bonchev–Trinajstić information content (AvgIpc) is 3.42. The third-order valence-electron chi connectivity index (χ3n) is 5.93. The minimum atomic E-state index is -0.401. The summed E-state index contributed by atoms with van der Waals surface area (Å²) >= 11 is 6.18. The minimum absolute atomic E-state index is 0.117. The summed E-state index contributed by atoms with van der Waals surface area (Å²) in [5.41, 5.74) is 1.53. The molecule has 0 saturated heterocycles. The first-order chi connectivity index (χ1) is 18.0. The van der Waals surface area contributed by atoms with E-state index >= 15 is 0 Å². The lowest BCUT2D eigenvalue weighted by atomic mass is 9.96. The number of ether oxygens (including phenoxy) is 2. The summed E-state index contributed by atoms with van der Waals surface area (Å²) < 4.78 is 13.7. The van der Waals surface area contributed by atoms with Gasteiger partial charge in [-0.2, -0.15) is 0 Å². The van der Waals surface area contributed by atoms with Gasteiger partial charge < -0.3 is 14.8 Å². The number of nitrogens with zero attached hydrogens (tertiary/aromatic N) is 3. The number of esters is 1. The molecule has 0 spiro atoms. The summed E-state index contributed by atoms with van der Waals surface area (Å²) in [5.74, 6) is 0.854. The third-order valence-corrected chi connectivity index (χ3v) is 8.64. The summed E-state index contributed by atoms with van der Waals surface area (Å²) in [6.45, 7) is 4.54. The quantitative estimate of drug-likeness (QED) is 0.171. The van der Waals surface area contributed by atoms with Gasteiger partial charge in [0, 0.05) is 15.9 Å². The second-order valence-electron chi connectivity index (χ2n) is 8.49. The Morgan fingerprint density at radius 3 is 2.68 bits per heavy atom. The smallest absolute Gasteiger partial charge is 0.341 e. The number of thiophene rings is 1. The van der Waals surface area contributed by atoms with E-state index in [-0.39, 0.29) is 18.3 Å². The summed E-state index contributed by atoms with van der Waals surface area (Å²) in [6, 6.07) is 7.55. The number of aryl methyl sites for hydroxylation is 1. The van der Waals surface area contributed by atoms with E-state index in [1.165, 1.54) is 41.5 Å². The van der Waals surface area contributed by atoms with Crippen LogP contribution < -0.4 is 10.1 Å². The molecular formula is C26H29BrN4O4S2. The molecule has 0 aliphatic heterocycles. The highest BCUT2D eigenvalue weighted by Gasteiger charge is 2.26. The Labute approximate surface area is 233 Å². The monoisotopic (exact) mass is 604 g/mol. The fourth-order valence-corrected chi connectivity index (χ4v) is 6.47. The molecule has 4 rings (SSSR count). The van der Waals surface area contributed by atoms with Crippen molar-refractivity contribution < 1.29 is 19.1 Å². The molecule has 1 N–H and O–H groups in total. The van der Waals surface area contributed by atoms with Gasteiger partial charge in [-0.25, -0.2) is 4.79 Å². The fraction of sp³-hybridized carbons (Fsp3) is 0.385. The molecule has 2 heterocycles. The normalized spacial score (nSPS) is 13.2. The number of benzene rings is 1. The molecule has 1 amide bonds. The Kier molecular flexibility index (Phi) is 9.81. The van der Waals surface area contributed by atoms with Crippen LogP contribution in [0, 0.1) is 0 Å². The van der Waals surface area contributed by atoms with Gasteiger partial charge in [0.2, 0.25) is 5.91 Å². The summed E-state index contributed by atoms with van der Waals surface area (Å²) in [7, 11) is 1.38. The first-order valence-corrected chi connectivity index (χ1v) is 14.7. The van der Waals surface area contributed by atoms with E-state index in [2.05, 4.69) is 38.0 Å². The van der Waals surface area contributed by atoms with E-state index in [0.717, 1.165) is 47.9 Å². The van der Waals surface area contributed by atoms with Crippen LogP contribution in [0.2, 0.25) is 0 Å². The van der Waals surface area contributed by atoms with Crippen LogP contribution in [0.4, 0.5) is 5.00 Å². The maximum Gasteiger partial charge on any atom is 0.341 e. The number of halogens is 1. The molecular weight excluding hydrogens is 576 g/mol. The molecule has 0 saturated carbocycles.